The van der Waals surface area contributed by atoms with Crippen LogP contribution in [0.25, 0.3) is 0 Å². The molecule has 2 heterocycles. The minimum Gasteiger partial charge on any atom is -0.495 e. The molecule has 0 aliphatic carbocycles. The topological polar surface area (TPSA) is 63.2 Å². The Balaban J connectivity index is 1.33. The number of halogens is 1. The highest BCUT2D eigenvalue weighted by atomic mass is 35.5. The van der Waals surface area contributed by atoms with E-state index in [4.69, 9.17) is 21.2 Å². The lowest BCUT2D eigenvalue weighted by molar-refractivity contribution is -0.0544. The first-order valence-corrected chi connectivity index (χ1v) is 11.3. The fraction of sp³-hybridized carbons (Fsp3) is 0.440. The summed E-state index contributed by atoms with van der Waals surface area (Å²) in [7, 11) is 1.60. The zero-order valence-electron chi connectivity index (χ0n) is 19.1. The van der Waals surface area contributed by atoms with E-state index in [1.54, 1.807) is 7.11 Å². The number of urea groups is 1. The van der Waals surface area contributed by atoms with E-state index < -0.39 is 0 Å². The van der Waals surface area contributed by atoms with Crippen LogP contribution >= 0.6 is 11.6 Å². The number of benzene rings is 2. The fourth-order valence-electron chi connectivity index (χ4n) is 4.16. The van der Waals surface area contributed by atoms with Gasteiger partial charge in [0.25, 0.3) is 0 Å². The number of rotatable bonds is 3. The maximum absolute atomic E-state index is 12.8. The van der Waals surface area contributed by atoms with E-state index in [-0.39, 0.29) is 17.0 Å². The average Bonchev–Trinajstić information content (AvgIpc) is 3.17. The van der Waals surface area contributed by atoms with Crippen LogP contribution in [-0.2, 0) is 10.3 Å². The van der Waals surface area contributed by atoms with Gasteiger partial charge in [0.2, 0.25) is 0 Å². The molecule has 32 heavy (non-hydrogen) atoms. The van der Waals surface area contributed by atoms with Crippen molar-refractivity contribution in [2.45, 2.75) is 51.0 Å². The number of nitrogens with one attached hydrogen (secondary N) is 1. The Hall–Kier alpha value is -2.73. The minimum absolute atomic E-state index is 0.0788. The SMILES string of the molecule is COc1cc(C2=NOC3(CCN(C(=O)Nc4ccc(C(C)(C)C)cc4)CC3)C2)ccc1Cl. The van der Waals surface area contributed by atoms with Gasteiger partial charge in [-0.15, -0.1) is 0 Å². The summed E-state index contributed by atoms with van der Waals surface area (Å²) in [6, 6.07) is 13.6. The van der Waals surface area contributed by atoms with E-state index >= 15 is 0 Å². The van der Waals surface area contributed by atoms with Crippen molar-refractivity contribution in [1.82, 2.24) is 4.90 Å². The molecule has 0 aromatic heterocycles. The molecule has 7 heteroatoms. The number of anilines is 1. The predicted octanol–water partition coefficient (Wildman–Crippen LogP) is 5.84. The number of likely N-dealkylation sites (tertiary alicyclic amines) is 1. The number of nitrogens with zero attached hydrogens (tertiary/aromatic N) is 2. The Kier molecular flexibility index (Phi) is 6.08. The monoisotopic (exact) mass is 455 g/mol. The largest absolute Gasteiger partial charge is 0.495 e. The number of hydrogen-bond acceptors (Lipinski definition) is 4. The Bertz CT molecular complexity index is 1020. The summed E-state index contributed by atoms with van der Waals surface area (Å²) in [5.41, 5.74) is 3.61. The maximum atomic E-state index is 12.8. The zero-order valence-corrected chi connectivity index (χ0v) is 19.8. The van der Waals surface area contributed by atoms with Crippen molar-refractivity contribution in [1.29, 1.82) is 0 Å². The Morgan fingerprint density at radius 3 is 2.47 bits per heavy atom. The number of methoxy groups -OCH3 is 1. The first-order valence-electron chi connectivity index (χ1n) is 10.9. The van der Waals surface area contributed by atoms with Gasteiger partial charge in [0.05, 0.1) is 17.8 Å². The van der Waals surface area contributed by atoms with Crippen LogP contribution in [0.3, 0.4) is 0 Å². The summed E-state index contributed by atoms with van der Waals surface area (Å²) in [6.07, 6.45) is 2.18. The normalized spacial score (nSPS) is 17.7. The van der Waals surface area contributed by atoms with Crippen LogP contribution in [0, 0.1) is 0 Å². The molecule has 0 unspecified atom stereocenters. The highest BCUT2D eigenvalue weighted by Crippen LogP contribution is 2.37. The summed E-state index contributed by atoms with van der Waals surface area (Å²) < 4.78 is 5.32. The molecule has 1 N–H and O–H groups in total. The van der Waals surface area contributed by atoms with Crippen molar-refractivity contribution < 1.29 is 14.4 Å². The molecular formula is C25H30ClN3O3. The molecule has 0 radical (unpaired) electrons. The van der Waals surface area contributed by atoms with Gasteiger partial charge in [-0.1, -0.05) is 55.7 Å². The van der Waals surface area contributed by atoms with Gasteiger partial charge in [-0.2, -0.15) is 0 Å². The standard InChI is InChI=1S/C25H30ClN3O3/c1-24(2,3)18-6-8-19(9-7-18)27-23(30)29-13-11-25(12-14-29)16-21(28-32-25)17-5-10-20(26)22(15-17)31-4/h5-10,15H,11-14,16H2,1-4H3,(H,27,30). The molecule has 1 fully saturated rings. The van der Waals surface area contributed by atoms with Crippen LogP contribution in [0.4, 0.5) is 10.5 Å². The number of piperidine rings is 1. The van der Waals surface area contributed by atoms with E-state index in [0.29, 0.717) is 30.3 Å². The second-order valence-corrected chi connectivity index (χ2v) is 9.99. The first kappa shape index (κ1) is 22.5. The van der Waals surface area contributed by atoms with E-state index in [9.17, 15) is 4.79 Å². The molecule has 0 saturated carbocycles. The third-order valence-electron chi connectivity index (χ3n) is 6.29. The summed E-state index contributed by atoms with van der Waals surface area (Å²) >= 11 is 6.14. The van der Waals surface area contributed by atoms with Crippen LogP contribution in [0.2, 0.25) is 5.02 Å². The van der Waals surface area contributed by atoms with E-state index in [0.717, 1.165) is 29.8 Å². The quantitative estimate of drug-likeness (QED) is 0.632. The molecule has 0 atom stereocenters. The lowest BCUT2D eigenvalue weighted by atomic mass is 9.85. The lowest BCUT2D eigenvalue weighted by Gasteiger charge is -2.37. The molecule has 2 amide bonds. The smallest absolute Gasteiger partial charge is 0.321 e. The Labute approximate surface area is 194 Å². The van der Waals surface area contributed by atoms with Crippen LogP contribution in [-0.4, -0.2) is 42.4 Å². The number of carbonyl (C=O) groups excluding carboxylic acids is 1. The molecule has 4 rings (SSSR count). The van der Waals surface area contributed by atoms with Crippen LogP contribution < -0.4 is 10.1 Å². The summed E-state index contributed by atoms with van der Waals surface area (Å²) in [4.78, 5) is 20.5. The third kappa shape index (κ3) is 4.70. The molecule has 2 aliphatic rings. The van der Waals surface area contributed by atoms with Crippen molar-refractivity contribution in [3.8, 4) is 5.75 Å². The lowest BCUT2D eigenvalue weighted by Crippen LogP contribution is -2.48. The molecular weight excluding hydrogens is 426 g/mol. The number of amides is 2. The molecule has 0 bridgehead atoms. The maximum Gasteiger partial charge on any atom is 0.321 e. The number of carbonyl (C=O) groups is 1. The highest BCUT2D eigenvalue weighted by molar-refractivity contribution is 6.32. The summed E-state index contributed by atoms with van der Waals surface area (Å²) in [5.74, 6) is 0.620. The number of oxime groups is 1. The molecule has 2 aliphatic heterocycles. The van der Waals surface area contributed by atoms with E-state index in [1.165, 1.54) is 5.56 Å². The zero-order chi connectivity index (χ0) is 22.9. The molecule has 6 nitrogen and oxygen atoms in total. The van der Waals surface area contributed by atoms with Gasteiger partial charge in [-0.25, -0.2) is 4.79 Å². The van der Waals surface area contributed by atoms with Gasteiger partial charge in [0.15, 0.2) is 0 Å². The number of ether oxygens (including phenoxy) is 1. The average molecular weight is 456 g/mol. The van der Waals surface area contributed by atoms with Crippen molar-refractivity contribution in [3.63, 3.8) is 0 Å². The van der Waals surface area contributed by atoms with E-state index in [1.807, 2.05) is 35.2 Å². The van der Waals surface area contributed by atoms with Gasteiger partial charge < -0.3 is 19.8 Å². The van der Waals surface area contributed by atoms with Crippen molar-refractivity contribution in [3.05, 3.63) is 58.6 Å². The van der Waals surface area contributed by atoms with Gasteiger partial charge >= 0.3 is 6.03 Å². The first-order chi connectivity index (χ1) is 15.2. The fourth-order valence-corrected chi connectivity index (χ4v) is 4.35. The molecule has 1 saturated heterocycles. The van der Waals surface area contributed by atoms with E-state index in [2.05, 4.69) is 43.4 Å². The van der Waals surface area contributed by atoms with Crippen molar-refractivity contribution >= 4 is 29.0 Å². The third-order valence-corrected chi connectivity index (χ3v) is 6.60. The number of hydrogen-bond donors (Lipinski definition) is 1. The van der Waals surface area contributed by atoms with Crippen LogP contribution in [0.1, 0.15) is 51.2 Å². The van der Waals surface area contributed by atoms with Crippen molar-refractivity contribution in [2.24, 2.45) is 5.16 Å². The minimum atomic E-state index is -0.354. The van der Waals surface area contributed by atoms with Gasteiger partial charge in [-0.05, 0) is 35.2 Å². The Morgan fingerprint density at radius 1 is 1.16 bits per heavy atom. The Morgan fingerprint density at radius 2 is 1.84 bits per heavy atom. The van der Waals surface area contributed by atoms with Crippen LogP contribution in [0.15, 0.2) is 47.6 Å². The predicted molar refractivity (Wildman–Crippen MR) is 128 cm³/mol. The van der Waals surface area contributed by atoms with Gasteiger partial charge in [-0.3, -0.25) is 0 Å². The second kappa shape index (κ2) is 8.66. The molecule has 1 spiro atoms. The highest BCUT2D eigenvalue weighted by Gasteiger charge is 2.43. The van der Waals surface area contributed by atoms with Gasteiger partial charge in [0.1, 0.15) is 11.4 Å². The molecule has 2 aromatic rings. The summed E-state index contributed by atoms with van der Waals surface area (Å²) in [5, 5.41) is 7.93. The van der Waals surface area contributed by atoms with Crippen molar-refractivity contribution in [2.75, 3.05) is 25.5 Å². The second-order valence-electron chi connectivity index (χ2n) is 9.58. The van der Waals surface area contributed by atoms with Crippen LogP contribution in [0.5, 0.6) is 5.75 Å². The molecule has 170 valence electrons. The molecule has 2 aromatic carbocycles. The summed E-state index contributed by atoms with van der Waals surface area (Å²) in [6.45, 7) is 7.77. The van der Waals surface area contributed by atoms with Gasteiger partial charge in [0, 0.05) is 43.6 Å².